The molecule has 0 aliphatic carbocycles. The standard InChI is InChI=1S/C17H29NO2/c1-5-18-16(12-14(2)13-19-3)9-6-15-7-10-17(20-4)11-8-15/h7-8,10-11,14,16,18H,5-6,9,12-13H2,1-4H3. The van der Waals surface area contributed by atoms with Crippen molar-refractivity contribution < 1.29 is 9.47 Å². The molecule has 0 saturated heterocycles. The van der Waals surface area contributed by atoms with E-state index in [0.717, 1.165) is 38.2 Å². The quantitative estimate of drug-likeness (QED) is 0.713. The lowest BCUT2D eigenvalue weighted by atomic mass is 9.96. The third-order valence-corrected chi connectivity index (χ3v) is 3.57. The number of rotatable bonds is 10. The van der Waals surface area contributed by atoms with Gasteiger partial charge in [0.15, 0.2) is 0 Å². The molecule has 1 rings (SSSR count). The summed E-state index contributed by atoms with van der Waals surface area (Å²) in [6.45, 7) is 6.28. The molecule has 0 aliphatic rings. The van der Waals surface area contributed by atoms with Gasteiger partial charge in [0.25, 0.3) is 0 Å². The van der Waals surface area contributed by atoms with Crippen LogP contribution in [0.1, 0.15) is 32.3 Å². The Bertz CT molecular complexity index is 351. The molecule has 3 heteroatoms. The van der Waals surface area contributed by atoms with Gasteiger partial charge in [0.2, 0.25) is 0 Å². The highest BCUT2D eigenvalue weighted by molar-refractivity contribution is 5.27. The van der Waals surface area contributed by atoms with Crippen molar-refractivity contribution in [3.8, 4) is 5.75 Å². The van der Waals surface area contributed by atoms with E-state index in [-0.39, 0.29) is 0 Å². The van der Waals surface area contributed by atoms with E-state index in [9.17, 15) is 0 Å². The van der Waals surface area contributed by atoms with E-state index in [4.69, 9.17) is 9.47 Å². The zero-order valence-corrected chi connectivity index (χ0v) is 13.3. The Kier molecular flexibility index (Phi) is 8.31. The molecule has 0 spiro atoms. The number of hydrogen-bond acceptors (Lipinski definition) is 3. The number of ether oxygens (including phenoxy) is 2. The van der Waals surface area contributed by atoms with Gasteiger partial charge in [0, 0.05) is 19.8 Å². The molecule has 1 aromatic carbocycles. The maximum atomic E-state index is 5.23. The first-order valence-corrected chi connectivity index (χ1v) is 7.54. The van der Waals surface area contributed by atoms with Crippen LogP contribution in [0.25, 0.3) is 0 Å². The number of hydrogen-bond donors (Lipinski definition) is 1. The van der Waals surface area contributed by atoms with Gasteiger partial charge in [-0.05, 0) is 49.4 Å². The molecule has 0 fully saturated rings. The summed E-state index contributed by atoms with van der Waals surface area (Å²) in [5.41, 5.74) is 1.37. The molecule has 0 bridgehead atoms. The van der Waals surface area contributed by atoms with Crippen LogP contribution >= 0.6 is 0 Å². The molecule has 20 heavy (non-hydrogen) atoms. The van der Waals surface area contributed by atoms with Crippen molar-refractivity contribution in [3.63, 3.8) is 0 Å². The average molecular weight is 279 g/mol. The minimum absolute atomic E-state index is 0.562. The van der Waals surface area contributed by atoms with Crippen LogP contribution in [0, 0.1) is 5.92 Å². The van der Waals surface area contributed by atoms with E-state index in [1.807, 2.05) is 12.1 Å². The molecule has 2 unspecified atom stereocenters. The Balaban J connectivity index is 2.44. The van der Waals surface area contributed by atoms with Gasteiger partial charge < -0.3 is 14.8 Å². The van der Waals surface area contributed by atoms with Crippen molar-refractivity contribution in [1.82, 2.24) is 5.32 Å². The molecular weight excluding hydrogens is 250 g/mol. The van der Waals surface area contributed by atoms with Crippen LogP contribution in [-0.4, -0.2) is 33.4 Å². The Labute approximate surface area is 123 Å². The van der Waals surface area contributed by atoms with Gasteiger partial charge in [0.1, 0.15) is 5.75 Å². The van der Waals surface area contributed by atoms with Crippen LogP contribution in [0.5, 0.6) is 5.75 Å². The molecule has 1 aromatic rings. The molecule has 2 atom stereocenters. The third-order valence-electron chi connectivity index (χ3n) is 3.57. The van der Waals surface area contributed by atoms with Crippen LogP contribution in [0.4, 0.5) is 0 Å². The highest BCUT2D eigenvalue weighted by atomic mass is 16.5. The molecule has 0 heterocycles. The van der Waals surface area contributed by atoms with Crippen molar-refractivity contribution >= 4 is 0 Å². The van der Waals surface area contributed by atoms with Crippen molar-refractivity contribution in [2.45, 2.75) is 39.2 Å². The Morgan fingerprint density at radius 2 is 1.85 bits per heavy atom. The molecule has 1 N–H and O–H groups in total. The fourth-order valence-corrected chi connectivity index (χ4v) is 2.56. The first kappa shape index (κ1) is 17.0. The zero-order chi connectivity index (χ0) is 14.8. The third kappa shape index (κ3) is 6.40. The lowest BCUT2D eigenvalue weighted by Crippen LogP contribution is -2.32. The first-order valence-electron chi connectivity index (χ1n) is 7.54. The number of benzene rings is 1. The van der Waals surface area contributed by atoms with Crippen LogP contribution in [0.15, 0.2) is 24.3 Å². The molecule has 0 amide bonds. The smallest absolute Gasteiger partial charge is 0.118 e. The summed E-state index contributed by atoms with van der Waals surface area (Å²) in [7, 11) is 3.48. The van der Waals surface area contributed by atoms with Crippen molar-refractivity contribution in [1.29, 1.82) is 0 Å². The second kappa shape index (κ2) is 9.78. The van der Waals surface area contributed by atoms with Gasteiger partial charge in [-0.3, -0.25) is 0 Å². The van der Waals surface area contributed by atoms with Crippen molar-refractivity contribution in [2.24, 2.45) is 5.92 Å². The van der Waals surface area contributed by atoms with Gasteiger partial charge in [-0.2, -0.15) is 0 Å². The highest BCUT2D eigenvalue weighted by Gasteiger charge is 2.12. The van der Waals surface area contributed by atoms with E-state index in [2.05, 4.69) is 31.3 Å². The van der Waals surface area contributed by atoms with Gasteiger partial charge in [-0.15, -0.1) is 0 Å². The molecule has 0 aromatic heterocycles. The summed E-state index contributed by atoms with van der Waals surface area (Å²) in [4.78, 5) is 0. The van der Waals surface area contributed by atoms with E-state index in [1.165, 1.54) is 5.56 Å². The van der Waals surface area contributed by atoms with Gasteiger partial charge >= 0.3 is 0 Å². The number of nitrogens with one attached hydrogen (secondary N) is 1. The Hall–Kier alpha value is -1.06. The lowest BCUT2D eigenvalue weighted by Gasteiger charge is -2.21. The van der Waals surface area contributed by atoms with Crippen LogP contribution in [-0.2, 0) is 11.2 Å². The zero-order valence-electron chi connectivity index (χ0n) is 13.3. The first-order chi connectivity index (χ1) is 9.69. The number of aryl methyl sites for hydroxylation is 1. The lowest BCUT2D eigenvalue weighted by molar-refractivity contribution is 0.148. The summed E-state index contributed by atoms with van der Waals surface area (Å²) >= 11 is 0. The molecule has 114 valence electrons. The van der Waals surface area contributed by atoms with Gasteiger partial charge in [-0.1, -0.05) is 26.0 Å². The Morgan fingerprint density at radius 3 is 2.40 bits per heavy atom. The summed E-state index contributed by atoms with van der Waals surface area (Å²) in [5.74, 6) is 1.52. The van der Waals surface area contributed by atoms with Crippen molar-refractivity contribution in [3.05, 3.63) is 29.8 Å². The highest BCUT2D eigenvalue weighted by Crippen LogP contribution is 2.15. The fourth-order valence-electron chi connectivity index (χ4n) is 2.56. The Morgan fingerprint density at radius 1 is 1.15 bits per heavy atom. The summed E-state index contributed by atoms with van der Waals surface area (Å²) in [5, 5.41) is 3.58. The van der Waals surface area contributed by atoms with Gasteiger partial charge in [0.05, 0.1) is 7.11 Å². The monoisotopic (exact) mass is 279 g/mol. The largest absolute Gasteiger partial charge is 0.497 e. The van der Waals surface area contributed by atoms with Crippen molar-refractivity contribution in [2.75, 3.05) is 27.4 Å². The van der Waals surface area contributed by atoms with Crippen LogP contribution in [0.2, 0.25) is 0 Å². The summed E-state index contributed by atoms with van der Waals surface area (Å²) in [6.07, 6.45) is 3.42. The summed E-state index contributed by atoms with van der Waals surface area (Å²) in [6, 6.07) is 8.93. The van der Waals surface area contributed by atoms with E-state index in [0.29, 0.717) is 12.0 Å². The second-order valence-electron chi connectivity index (χ2n) is 5.44. The molecule has 0 aliphatic heterocycles. The van der Waals surface area contributed by atoms with Gasteiger partial charge in [-0.25, -0.2) is 0 Å². The minimum Gasteiger partial charge on any atom is -0.497 e. The molecule has 0 saturated carbocycles. The van der Waals surface area contributed by atoms with Crippen LogP contribution in [0.3, 0.4) is 0 Å². The molecule has 0 radical (unpaired) electrons. The predicted molar refractivity (Wildman–Crippen MR) is 84.4 cm³/mol. The average Bonchev–Trinajstić information content (AvgIpc) is 2.46. The van der Waals surface area contributed by atoms with Crippen LogP contribution < -0.4 is 10.1 Å². The maximum Gasteiger partial charge on any atom is 0.118 e. The van der Waals surface area contributed by atoms with E-state index < -0.39 is 0 Å². The topological polar surface area (TPSA) is 30.5 Å². The molecule has 3 nitrogen and oxygen atoms in total. The summed E-state index contributed by atoms with van der Waals surface area (Å²) < 4.78 is 10.4. The number of methoxy groups -OCH3 is 2. The maximum absolute atomic E-state index is 5.23. The van der Waals surface area contributed by atoms with E-state index >= 15 is 0 Å². The second-order valence-corrected chi connectivity index (χ2v) is 5.44. The fraction of sp³-hybridized carbons (Fsp3) is 0.647. The SMILES string of the molecule is CCNC(CCc1ccc(OC)cc1)CC(C)COC. The normalized spacial score (nSPS) is 14.0. The predicted octanol–water partition coefficient (Wildman–Crippen LogP) is 3.28. The van der Waals surface area contributed by atoms with E-state index in [1.54, 1.807) is 14.2 Å². The minimum atomic E-state index is 0.562. The molecular formula is C17H29NO2.